The van der Waals surface area contributed by atoms with Gasteiger partial charge in [-0.1, -0.05) is 77.8 Å². The topological polar surface area (TPSA) is 86.8 Å². The smallest absolute Gasteiger partial charge is 0.264 e. The molecule has 4 aromatic carbocycles. The summed E-state index contributed by atoms with van der Waals surface area (Å²) >= 11 is 6.27. The van der Waals surface area contributed by atoms with Crippen molar-refractivity contribution in [3.8, 4) is 0 Å². The van der Waals surface area contributed by atoms with Crippen LogP contribution < -0.4 is 9.62 Å². The van der Waals surface area contributed by atoms with Gasteiger partial charge in [-0.05, 0) is 79.4 Å². The molecule has 1 N–H and O–H groups in total. The number of anilines is 1. The van der Waals surface area contributed by atoms with Gasteiger partial charge < -0.3 is 10.2 Å². The lowest BCUT2D eigenvalue weighted by Crippen LogP contribution is -2.53. The van der Waals surface area contributed by atoms with E-state index in [-0.39, 0.29) is 23.8 Å². The zero-order valence-corrected chi connectivity index (χ0v) is 26.3. The average Bonchev–Trinajstić information content (AvgIpc) is 2.97. The molecular formula is C34H36ClN3O4S. The van der Waals surface area contributed by atoms with Crippen molar-refractivity contribution >= 4 is 39.1 Å². The quantitative estimate of drug-likeness (QED) is 0.229. The van der Waals surface area contributed by atoms with E-state index in [4.69, 9.17) is 11.6 Å². The van der Waals surface area contributed by atoms with Crippen LogP contribution in [0, 0.1) is 20.8 Å². The molecule has 1 atom stereocenters. The normalized spacial score (nSPS) is 11.9. The first-order valence-corrected chi connectivity index (χ1v) is 15.8. The molecule has 7 nitrogen and oxygen atoms in total. The van der Waals surface area contributed by atoms with Crippen molar-refractivity contribution in [2.24, 2.45) is 0 Å². The minimum absolute atomic E-state index is 0.0512. The molecule has 0 saturated carbocycles. The lowest BCUT2D eigenvalue weighted by atomic mass is 10.0. The van der Waals surface area contributed by atoms with E-state index in [0.29, 0.717) is 16.3 Å². The number of hydrogen-bond donors (Lipinski definition) is 1. The number of amides is 2. The van der Waals surface area contributed by atoms with Crippen LogP contribution in [0.3, 0.4) is 0 Å². The van der Waals surface area contributed by atoms with Gasteiger partial charge in [0.15, 0.2) is 0 Å². The number of likely N-dealkylation sites (N-methyl/N-ethyl adjacent to an activating group) is 1. The van der Waals surface area contributed by atoms with E-state index in [0.717, 1.165) is 26.6 Å². The zero-order valence-electron chi connectivity index (χ0n) is 24.7. The second-order valence-electron chi connectivity index (χ2n) is 10.6. The number of aryl methyl sites for hydroxylation is 3. The Balaban J connectivity index is 1.81. The fourth-order valence-electron chi connectivity index (χ4n) is 5.01. The molecule has 0 bridgehead atoms. The Bertz CT molecular complexity index is 1670. The van der Waals surface area contributed by atoms with Crippen LogP contribution >= 0.6 is 11.6 Å². The van der Waals surface area contributed by atoms with E-state index in [1.54, 1.807) is 42.5 Å². The lowest BCUT2D eigenvalue weighted by Gasteiger charge is -2.33. The molecule has 0 fully saturated rings. The minimum atomic E-state index is -4.16. The van der Waals surface area contributed by atoms with Crippen LogP contribution in [0.4, 0.5) is 5.69 Å². The van der Waals surface area contributed by atoms with Crippen LogP contribution in [0.15, 0.2) is 102 Å². The van der Waals surface area contributed by atoms with Gasteiger partial charge in [-0.25, -0.2) is 8.42 Å². The molecule has 0 heterocycles. The summed E-state index contributed by atoms with van der Waals surface area (Å²) in [6, 6.07) is 27.5. The first kappa shape index (κ1) is 31.8. The highest BCUT2D eigenvalue weighted by Crippen LogP contribution is 2.27. The molecular weight excluding hydrogens is 582 g/mol. The van der Waals surface area contributed by atoms with Crippen LogP contribution in [-0.2, 0) is 32.6 Å². The number of nitrogens with zero attached hydrogens (tertiary/aromatic N) is 2. The monoisotopic (exact) mass is 617 g/mol. The van der Waals surface area contributed by atoms with E-state index in [1.807, 2.05) is 63.2 Å². The molecule has 43 heavy (non-hydrogen) atoms. The van der Waals surface area contributed by atoms with Crippen molar-refractivity contribution in [1.82, 2.24) is 10.2 Å². The number of nitrogens with one attached hydrogen (secondary N) is 1. The Morgan fingerprint density at radius 1 is 0.791 bits per heavy atom. The second kappa shape index (κ2) is 13.9. The molecule has 0 aromatic heterocycles. The van der Waals surface area contributed by atoms with E-state index < -0.39 is 28.5 Å². The van der Waals surface area contributed by atoms with E-state index in [9.17, 15) is 18.0 Å². The third-order valence-electron chi connectivity index (χ3n) is 7.14. The fourth-order valence-corrected chi connectivity index (χ4v) is 6.62. The van der Waals surface area contributed by atoms with Gasteiger partial charge in [0.1, 0.15) is 12.6 Å². The first-order valence-electron chi connectivity index (χ1n) is 13.9. The van der Waals surface area contributed by atoms with E-state index in [2.05, 4.69) is 5.32 Å². The average molecular weight is 618 g/mol. The highest BCUT2D eigenvalue weighted by Gasteiger charge is 2.34. The predicted octanol–water partition coefficient (Wildman–Crippen LogP) is 5.85. The lowest BCUT2D eigenvalue weighted by molar-refractivity contribution is -0.139. The fraction of sp³-hybridized carbons (Fsp3) is 0.235. The largest absolute Gasteiger partial charge is 0.357 e. The number of benzene rings is 4. The maximum absolute atomic E-state index is 14.4. The zero-order chi connectivity index (χ0) is 31.1. The van der Waals surface area contributed by atoms with Crippen molar-refractivity contribution < 1.29 is 18.0 Å². The molecule has 224 valence electrons. The van der Waals surface area contributed by atoms with Gasteiger partial charge in [0.2, 0.25) is 11.8 Å². The summed E-state index contributed by atoms with van der Waals surface area (Å²) in [5.41, 5.74) is 4.56. The number of hydrogen-bond acceptors (Lipinski definition) is 4. The summed E-state index contributed by atoms with van der Waals surface area (Å²) in [5.74, 6) is -0.891. The maximum atomic E-state index is 14.4. The number of sulfonamides is 1. The molecule has 0 aliphatic carbocycles. The molecule has 0 spiro atoms. The SMILES string of the molecule is CNC(=O)[C@H](Cc1ccccc1)N(Cc1cccc(Cl)c1)C(=O)CN(c1cc(C)cc(C)c1)S(=O)(=O)c1ccc(C)cc1. The van der Waals surface area contributed by atoms with Gasteiger partial charge in [0.05, 0.1) is 10.6 Å². The van der Waals surface area contributed by atoms with Crippen LogP contribution in [0.2, 0.25) is 5.02 Å². The van der Waals surface area contributed by atoms with Crippen molar-refractivity contribution in [2.75, 3.05) is 17.9 Å². The predicted molar refractivity (Wildman–Crippen MR) is 172 cm³/mol. The van der Waals surface area contributed by atoms with Gasteiger partial charge in [-0.2, -0.15) is 0 Å². The summed E-state index contributed by atoms with van der Waals surface area (Å²) in [4.78, 5) is 29.2. The Labute approximate surface area is 259 Å². The standard InChI is InChI=1S/C34H36ClN3O4S/c1-24-13-15-31(16-14-24)43(41,42)38(30-18-25(2)17-26(3)19-30)23-33(39)37(22-28-11-8-12-29(35)20-28)32(34(40)36-4)21-27-9-6-5-7-10-27/h5-20,32H,21-23H2,1-4H3,(H,36,40)/t32-/m0/s1. The summed E-state index contributed by atoms with van der Waals surface area (Å²) < 4.78 is 29.4. The molecule has 9 heteroatoms. The van der Waals surface area contributed by atoms with Crippen LogP contribution in [0.1, 0.15) is 27.8 Å². The van der Waals surface area contributed by atoms with Crippen molar-refractivity contribution in [3.05, 3.63) is 130 Å². The Kier molecular flexibility index (Phi) is 10.3. The molecule has 0 unspecified atom stereocenters. The van der Waals surface area contributed by atoms with Gasteiger partial charge in [0, 0.05) is 25.0 Å². The van der Waals surface area contributed by atoms with Crippen LogP contribution in [0.25, 0.3) is 0 Å². The van der Waals surface area contributed by atoms with Crippen molar-refractivity contribution in [2.45, 2.75) is 44.7 Å². The van der Waals surface area contributed by atoms with Crippen molar-refractivity contribution in [3.63, 3.8) is 0 Å². The number of rotatable bonds is 11. The second-order valence-corrected chi connectivity index (χ2v) is 12.9. The van der Waals surface area contributed by atoms with E-state index >= 15 is 0 Å². The molecule has 4 aromatic rings. The third-order valence-corrected chi connectivity index (χ3v) is 9.16. The molecule has 0 aliphatic heterocycles. The van der Waals surface area contributed by atoms with Gasteiger partial charge in [0.25, 0.3) is 10.0 Å². The highest BCUT2D eigenvalue weighted by molar-refractivity contribution is 7.92. The number of halogens is 1. The maximum Gasteiger partial charge on any atom is 0.264 e. The van der Waals surface area contributed by atoms with Crippen molar-refractivity contribution in [1.29, 1.82) is 0 Å². The van der Waals surface area contributed by atoms with Crippen LogP contribution in [-0.4, -0.2) is 44.8 Å². The summed E-state index contributed by atoms with van der Waals surface area (Å²) in [7, 11) is -2.64. The van der Waals surface area contributed by atoms with Gasteiger partial charge in [-0.15, -0.1) is 0 Å². The van der Waals surface area contributed by atoms with E-state index in [1.165, 1.54) is 24.1 Å². The van der Waals surface area contributed by atoms with Gasteiger partial charge in [-0.3, -0.25) is 13.9 Å². The highest BCUT2D eigenvalue weighted by atomic mass is 35.5. The molecule has 2 amide bonds. The summed E-state index contributed by atoms with van der Waals surface area (Å²) in [6.07, 6.45) is 0.237. The Hall–Kier alpha value is -4.14. The minimum Gasteiger partial charge on any atom is -0.357 e. The van der Waals surface area contributed by atoms with Gasteiger partial charge >= 0.3 is 0 Å². The summed E-state index contributed by atoms with van der Waals surface area (Å²) in [6.45, 7) is 5.17. The number of carbonyl (C=O) groups excluding carboxylic acids is 2. The molecule has 0 radical (unpaired) electrons. The molecule has 4 rings (SSSR count). The Morgan fingerprint density at radius 3 is 2.02 bits per heavy atom. The molecule has 0 saturated heterocycles. The number of carbonyl (C=O) groups is 2. The van der Waals surface area contributed by atoms with Crippen LogP contribution in [0.5, 0.6) is 0 Å². The third kappa shape index (κ3) is 8.03. The first-order chi connectivity index (χ1) is 20.5. The summed E-state index contributed by atoms with van der Waals surface area (Å²) in [5, 5.41) is 3.18. The molecule has 0 aliphatic rings. The Morgan fingerprint density at radius 2 is 1.42 bits per heavy atom.